The highest BCUT2D eigenvalue weighted by atomic mass is 32.2. The third kappa shape index (κ3) is 3.72. The van der Waals surface area contributed by atoms with E-state index in [0.717, 1.165) is 6.07 Å². The molecule has 0 spiro atoms. The zero-order chi connectivity index (χ0) is 15.4. The average Bonchev–Trinajstić information content (AvgIpc) is 2.47. The van der Waals surface area contributed by atoms with Crippen molar-refractivity contribution in [1.82, 2.24) is 0 Å². The van der Waals surface area contributed by atoms with Crippen LogP contribution in [0.3, 0.4) is 0 Å². The molecule has 0 N–H and O–H groups in total. The molecule has 0 aliphatic carbocycles. The first kappa shape index (κ1) is 15.3. The van der Waals surface area contributed by atoms with Crippen molar-refractivity contribution in [3.05, 3.63) is 65.2 Å². The van der Waals surface area contributed by atoms with Crippen molar-refractivity contribution < 1.29 is 22.5 Å². The van der Waals surface area contributed by atoms with E-state index >= 15 is 0 Å². The predicted molar refractivity (Wildman–Crippen MR) is 74.3 cm³/mol. The lowest BCUT2D eigenvalue weighted by molar-refractivity contribution is 0.0595. The van der Waals surface area contributed by atoms with Crippen molar-refractivity contribution in [2.24, 2.45) is 0 Å². The minimum Gasteiger partial charge on any atom is -0.465 e. The Bertz CT molecular complexity index is 684. The molecule has 0 bridgehead atoms. The van der Waals surface area contributed by atoms with Crippen LogP contribution >= 0.6 is 0 Å². The molecule has 21 heavy (non-hydrogen) atoms. The molecular weight excluding hydrogens is 298 g/mol. The molecule has 1 unspecified atom stereocenters. The van der Waals surface area contributed by atoms with Gasteiger partial charge in [0.05, 0.1) is 29.2 Å². The van der Waals surface area contributed by atoms with Gasteiger partial charge in [0.15, 0.2) is 0 Å². The van der Waals surface area contributed by atoms with Crippen molar-refractivity contribution in [2.45, 2.75) is 10.6 Å². The Hall–Kier alpha value is -2.08. The van der Waals surface area contributed by atoms with Gasteiger partial charge in [-0.25, -0.2) is 13.6 Å². The Kier molecular flexibility index (Phi) is 4.80. The normalized spacial score (nSPS) is 12.0. The van der Waals surface area contributed by atoms with Crippen LogP contribution in [-0.2, 0) is 21.3 Å². The molecule has 2 rings (SSSR count). The summed E-state index contributed by atoms with van der Waals surface area (Å²) in [5, 5.41) is 0. The van der Waals surface area contributed by atoms with Gasteiger partial charge >= 0.3 is 5.97 Å². The van der Waals surface area contributed by atoms with Crippen LogP contribution in [-0.4, -0.2) is 17.3 Å². The smallest absolute Gasteiger partial charge is 0.340 e. The molecule has 0 saturated carbocycles. The summed E-state index contributed by atoms with van der Waals surface area (Å²) in [6.07, 6.45) is 0. The summed E-state index contributed by atoms with van der Waals surface area (Å²) in [7, 11) is -0.254. The van der Waals surface area contributed by atoms with Gasteiger partial charge in [-0.15, -0.1) is 0 Å². The number of carbonyl (C=O) groups excluding carboxylic acids is 1. The van der Waals surface area contributed by atoms with Crippen LogP contribution in [0.1, 0.15) is 15.9 Å². The lowest BCUT2D eigenvalue weighted by atomic mass is 10.1. The molecule has 0 radical (unpaired) electrons. The summed E-state index contributed by atoms with van der Waals surface area (Å²) >= 11 is 0. The Balaban J connectivity index is 2.16. The molecule has 0 aliphatic heterocycles. The SMILES string of the molecule is COC(=O)c1ccc(CS(=O)c2ccc(F)cc2)cc1F. The van der Waals surface area contributed by atoms with Crippen LogP contribution in [0.5, 0.6) is 0 Å². The molecule has 2 aromatic carbocycles. The van der Waals surface area contributed by atoms with Gasteiger partial charge in [0.1, 0.15) is 11.6 Å². The van der Waals surface area contributed by atoms with Crippen LogP contribution < -0.4 is 0 Å². The van der Waals surface area contributed by atoms with Crippen molar-refractivity contribution >= 4 is 16.8 Å². The Labute approximate surface area is 123 Å². The van der Waals surface area contributed by atoms with Crippen LogP contribution in [0, 0.1) is 11.6 Å². The second-order valence-electron chi connectivity index (χ2n) is 4.25. The highest BCUT2D eigenvalue weighted by Crippen LogP contribution is 2.16. The minimum atomic E-state index is -1.42. The fourth-order valence-corrected chi connectivity index (χ4v) is 2.83. The standard InChI is InChI=1S/C15H12F2O3S/c1-20-15(18)13-7-2-10(8-14(13)17)9-21(19)12-5-3-11(16)4-6-12/h2-8H,9H2,1H3. The molecule has 0 fully saturated rings. The van der Waals surface area contributed by atoms with E-state index in [1.165, 1.54) is 43.5 Å². The molecule has 110 valence electrons. The van der Waals surface area contributed by atoms with Crippen LogP contribution in [0.2, 0.25) is 0 Å². The lowest BCUT2D eigenvalue weighted by Crippen LogP contribution is -2.05. The van der Waals surface area contributed by atoms with E-state index in [1.54, 1.807) is 0 Å². The number of rotatable bonds is 4. The van der Waals surface area contributed by atoms with Gasteiger partial charge in [0.25, 0.3) is 0 Å². The van der Waals surface area contributed by atoms with Crippen molar-refractivity contribution in [3.8, 4) is 0 Å². The van der Waals surface area contributed by atoms with E-state index < -0.39 is 28.4 Å². The molecule has 2 aromatic rings. The predicted octanol–water partition coefficient (Wildman–Crippen LogP) is 3.06. The first-order valence-electron chi connectivity index (χ1n) is 6.02. The van der Waals surface area contributed by atoms with Gasteiger partial charge in [-0.1, -0.05) is 6.07 Å². The summed E-state index contributed by atoms with van der Waals surface area (Å²) in [4.78, 5) is 11.7. The van der Waals surface area contributed by atoms with E-state index in [-0.39, 0.29) is 11.3 Å². The maximum Gasteiger partial charge on any atom is 0.340 e. The lowest BCUT2D eigenvalue weighted by Gasteiger charge is -2.05. The maximum atomic E-state index is 13.7. The van der Waals surface area contributed by atoms with Crippen molar-refractivity contribution in [2.75, 3.05) is 7.11 Å². The Morgan fingerprint density at radius 2 is 1.81 bits per heavy atom. The topological polar surface area (TPSA) is 43.4 Å². The van der Waals surface area contributed by atoms with Gasteiger partial charge in [0.2, 0.25) is 0 Å². The molecule has 0 heterocycles. The fourth-order valence-electron chi connectivity index (χ4n) is 1.74. The van der Waals surface area contributed by atoms with Crippen LogP contribution in [0.25, 0.3) is 0 Å². The van der Waals surface area contributed by atoms with E-state index in [9.17, 15) is 17.8 Å². The third-order valence-electron chi connectivity index (χ3n) is 2.81. The first-order valence-corrected chi connectivity index (χ1v) is 7.34. The summed E-state index contributed by atoms with van der Waals surface area (Å²) in [5.41, 5.74) is 0.302. The van der Waals surface area contributed by atoms with Crippen molar-refractivity contribution in [1.29, 1.82) is 0 Å². The molecule has 0 aromatic heterocycles. The summed E-state index contributed by atoms with van der Waals surface area (Å²) < 4.78 is 43.1. The van der Waals surface area contributed by atoms with Gasteiger partial charge in [0, 0.05) is 4.90 Å². The second-order valence-corrected chi connectivity index (χ2v) is 5.70. The summed E-state index contributed by atoms with van der Waals surface area (Å²) in [5.74, 6) is -1.83. The number of hydrogen-bond acceptors (Lipinski definition) is 3. The van der Waals surface area contributed by atoms with Gasteiger partial charge in [-0.05, 0) is 42.0 Å². The Morgan fingerprint density at radius 3 is 2.38 bits per heavy atom. The number of benzene rings is 2. The fraction of sp³-hybridized carbons (Fsp3) is 0.133. The van der Waals surface area contributed by atoms with Crippen molar-refractivity contribution in [3.63, 3.8) is 0 Å². The molecule has 3 nitrogen and oxygen atoms in total. The monoisotopic (exact) mass is 310 g/mol. The van der Waals surface area contributed by atoms with E-state index in [2.05, 4.69) is 4.74 Å². The maximum absolute atomic E-state index is 13.7. The number of esters is 1. The minimum absolute atomic E-state index is 0.0734. The van der Waals surface area contributed by atoms with Gasteiger partial charge in [-0.2, -0.15) is 0 Å². The molecular formula is C15H12F2O3S. The largest absolute Gasteiger partial charge is 0.465 e. The number of hydrogen-bond donors (Lipinski definition) is 0. The second kappa shape index (κ2) is 6.58. The number of halogens is 2. The summed E-state index contributed by atoms with van der Waals surface area (Å²) in [6.45, 7) is 0. The third-order valence-corrected chi connectivity index (χ3v) is 4.21. The van der Waals surface area contributed by atoms with Gasteiger partial charge < -0.3 is 4.74 Å². The first-order chi connectivity index (χ1) is 10.0. The molecule has 0 saturated heterocycles. The van der Waals surface area contributed by atoms with E-state index in [4.69, 9.17) is 0 Å². The molecule has 6 heteroatoms. The average molecular weight is 310 g/mol. The molecule has 1 atom stereocenters. The zero-order valence-corrected chi connectivity index (χ0v) is 12.0. The van der Waals surface area contributed by atoms with Crippen LogP contribution in [0.4, 0.5) is 8.78 Å². The number of carbonyl (C=O) groups is 1. The summed E-state index contributed by atoms with van der Waals surface area (Å²) in [6, 6.07) is 9.22. The van der Waals surface area contributed by atoms with Crippen LogP contribution in [0.15, 0.2) is 47.4 Å². The highest BCUT2D eigenvalue weighted by Gasteiger charge is 2.13. The van der Waals surface area contributed by atoms with E-state index in [1.807, 2.05) is 0 Å². The molecule has 0 aliphatic rings. The van der Waals surface area contributed by atoms with E-state index in [0.29, 0.717) is 10.5 Å². The quantitative estimate of drug-likeness (QED) is 0.815. The molecule has 0 amide bonds. The number of ether oxygens (including phenoxy) is 1. The zero-order valence-electron chi connectivity index (χ0n) is 11.1. The Morgan fingerprint density at radius 1 is 1.14 bits per heavy atom. The highest BCUT2D eigenvalue weighted by molar-refractivity contribution is 7.84. The number of methoxy groups -OCH3 is 1. The van der Waals surface area contributed by atoms with Gasteiger partial charge in [-0.3, -0.25) is 4.21 Å².